The first-order chi connectivity index (χ1) is 11.8. The maximum absolute atomic E-state index is 13.3. The van der Waals surface area contributed by atoms with Crippen molar-refractivity contribution in [3.05, 3.63) is 46.5 Å². The van der Waals surface area contributed by atoms with Crippen molar-refractivity contribution in [3.63, 3.8) is 0 Å². The molecule has 0 spiro atoms. The molecule has 5 nitrogen and oxygen atoms in total. The third-order valence-electron chi connectivity index (χ3n) is 4.71. The Hall–Kier alpha value is -2.37. The Labute approximate surface area is 147 Å². The molecule has 25 heavy (non-hydrogen) atoms. The number of carbonyl (C=O) groups excluding carboxylic acids is 1. The van der Waals surface area contributed by atoms with E-state index >= 15 is 0 Å². The number of aromatic nitrogens is 2. The molecule has 134 valence electrons. The molecule has 3 rings (SSSR count). The molecule has 1 aliphatic heterocycles. The van der Waals surface area contributed by atoms with E-state index in [1.165, 1.54) is 12.1 Å². The lowest BCUT2D eigenvalue weighted by molar-refractivity contribution is -0.121. The van der Waals surface area contributed by atoms with Crippen molar-refractivity contribution in [2.45, 2.75) is 59.2 Å². The largest absolute Gasteiger partial charge is 0.488 e. The number of rotatable bonds is 4. The Morgan fingerprint density at radius 1 is 1.40 bits per heavy atom. The number of benzene rings is 1. The van der Waals surface area contributed by atoms with Gasteiger partial charge in [-0.05, 0) is 40.7 Å². The van der Waals surface area contributed by atoms with Crippen LogP contribution in [0.15, 0.2) is 18.2 Å². The van der Waals surface area contributed by atoms with Gasteiger partial charge in [0.25, 0.3) is 0 Å². The molecule has 2 atom stereocenters. The fourth-order valence-electron chi connectivity index (χ4n) is 3.42. The van der Waals surface area contributed by atoms with Gasteiger partial charge in [0.2, 0.25) is 5.91 Å². The topological polar surface area (TPSA) is 56.2 Å². The third kappa shape index (κ3) is 3.25. The van der Waals surface area contributed by atoms with Crippen molar-refractivity contribution in [2.75, 3.05) is 0 Å². The summed E-state index contributed by atoms with van der Waals surface area (Å²) in [6.07, 6.45) is 0.0331. The normalized spacial score (nSPS) is 19.0. The van der Waals surface area contributed by atoms with Crippen molar-refractivity contribution in [1.29, 1.82) is 0 Å². The Morgan fingerprint density at radius 2 is 2.12 bits per heavy atom. The second-order valence-electron chi connectivity index (χ2n) is 6.91. The van der Waals surface area contributed by atoms with Crippen LogP contribution >= 0.6 is 0 Å². The van der Waals surface area contributed by atoms with Gasteiger partial charge in [0.15, 0.2) is 0 Å². The van der Waals surface area contributed by atoms with Gasteiger partial charge in [-0.15, -0.1) is 0 Å². The standard InChI is InChI=1S/C19H24FN3O2/c1-10(2)23-12(4)16(11(3)22-23)9-18(24)21-19-13(5)25-17-8-14(20)6-7-15(17)19/h6-8,10,13,19H,9H2,1-5H3,(H,21,24)/t13-,19-/m0/s1. The summed E-state index contributed by atoms with van der Waals surface area (Å²) in [7, 11) is 0. The highest BCUT2D eigenvalue weighted by Crippen LogP contribution is 2.37. The number of hydrogen-bond donors (Lipinski definition) is 1. The van der Waals surface area contributed by atoms with Gasteiger partial charge in [-0.3, -0.25) is 9.48 Å². The highest BCUT2D eigenvalue weighted by Gasteiger charge is 2.33. The van der Waals surface area contributed by atoms with E-state index in [-0.39, 0.29) is 36.3 Å². The number of fused-ring (bicyclic) bond motifs is 1. The molecule has 6 heteroatoms. The van der Waals surface area contributed by atoms with Gasteiger partial charge >= 0.3 is 0 Å². The van der Waals surface area contributed by atoms with E-state index in [0.29, 0.717) is 5.75 Å². The SMILES string of the molecule is Cc1nn(C(C)C)c(C)c1CC(=O)N[C@@H]1c2ccc(F)cc2O[C@H]1C. The maximum Gasteiger partial charge on any atom is 0.225 e. The quantitative estimate of drug-likeness (QED) is 0.924. The molecule has 0 fully saturated rings. The fraction of sp³-hybridized carbons (Fsp3) is 0.474. The van der Waals surface area contributed by atoms with Crippen LogP contribution in [0.4, 0.5) is 4.39 Å². The number of halogens is 1. The van der Waals surface area contributed by atoms with Crippen LogP contribution in [0.1, 0.15) is 55.4 Å². The Morgan fingerprint density at radius 3 is 2.76 bits per heavy atom. The van der Waals surface area contributed by atoms with E-state index in [9.17, 15) is 9.18 Å². The Balaban J connectivity index is 1.76. The zero-order chi connectivity index (χ0) is 18.3. The van der Waals surface area contributed by atoms with Gasteiger partial charge < -0.3 is 10.1 Å². The summed E-state index contributed by atoms with van der Waals surface area (Å²) in [4.78, 5) is 12.6. The molecule has 1 aromatic carbocycles. The number of hydrogen-bond acceptors (Lipinski definition) is 3. The number of aryl methyl sites for hydroxylation is 1. The van der Waals surface area contributed by atoms with Crippen LogP contribution in [0.5, 0.6) is 5.75 Å². The molecule has 0 unspecified atom stereocenters. The number of carbonyl (C=O) groups is 1. The third-order valence-corrected chi connectivity index (χ3v) is 4.71. The van der Waals surface area contributed by atoms with Gasteiger partial charge in [-0.25, -0.2) is 4.39 Å². The smallest absolute Gasteiger partial charge is 0.225 e. The lowest BCUT2D eigenvalue weighted by atomic mass is 10.0. The zero-order valence-corrected chi connectivity index (χ0v) is 15.3. The minimum Gasteiger partial charge on any atom is -0.488 e. The number of nitrogens with zero attached hydrogens (tertiary/aromatic N) is 2. The highest BCUT2D eigenvalue weighted by molar-refractivity contribution is 5.80. The maximum atomic E-state index is 13.3. The van der Waals surface area contributed by atoms with Crippen molar-refractivity contribution in [3.8, 4) is 5.75 Å². The lowest BCUT2D eigenvalue weighted by Gasteiger charge is -2.17. The van der Waals surface area contributed by atoms with Crippen molar-refractivity contribution in [2.24, 2.45) is 0 Å². The minimum atomic E-state index is -0.342. The summed E-state index contributed by atoms with van der Waals surface area (Å²) < 4.78 is 21.0. The molecule has 1 aromatic heterocycles. The first-order valence-corrected chi connectivity index (χ1v) is 8.58. The van der Waals surface area contributed by atoms with Crippen LogP contribution in [0, 0.1) is 19.7 Å². The second-order valence-corrected chi connectivity index (χ2v) is 6.91. The van der Waals surface area contributed by atoms with Crippen LogP contribution in [0.25, 0.3) is 0 Å². The number of amides is 1. The van der Waals surface area contributed by atoms with Crippen LogP contribution < -0.4 is 10.1 Å². The van der Waals surface area contributed by atoms with E-state index < -0.39 is 0 Å². The van der Waals surface area contributed by atoms with Gasteiger partial charge in [0.05, 0.1) is 18.2 Å². The van der Waals surface area contributed by atoms with Gasteiger partial charge in [0, 0.05) is 28.9 Å². The molecular weight excluding hydrogens is 321 g/mol. The van der Waals surface area contributed by atoms with E-state index in [4.69, 9.17) is 4.74 Å². The number of ether oxygens (including phenoxy) is 1. The predicted molar refractivity (Wildman–Crippen MR) is 93.2 cm³/mol. The Kier molecular flexibility index (Phi) is 4.54. The summed E-state index contributed by atoms with van der Waals surface area (Å²) in [5.41, 5.74) is 3.66. The average Bonchev–Trinajstić information content (AvgIpc) is 2.98. The first kappa shape index (κ1) is 17.5. The van der Waals surface area contributed by atoms with Crippen LogP contribution in [-0.2, 0) is 11.2 Å². The van der Waals surface area contributed by atoms with E-state index in [1.807, 2.05) is 25.5 Å². The van der Waals surface area contributed by atoms with Crippen molar-refractivity contribution < 1.29 is 13.9 Å². The summed E-state index contributed by atoms with van der Waals surface area (Å²) in [5, 5.41) is 7.55. The number of nitrogens with one attached hydrogen (secondary N) is 1. The predicted octanol–water partition coefficient (Wildman–Crippen LogP) is 3.40. The molecule has 2 aromatic rings. The molecule has 1 aliphatic rings. The van der Waals surface area contributed by atoms with Crippen LogP contribution in [0.2, 0.25) is 0 Å². The molecule has 0 radical (unpaired) electrons. The molecule has 2 heterocycles. The monoisotopic (exact) mass is 345 g/mol. The van der Waals surface area contributed by atoms with E-state index in [2.05, 4.69) is 24.3 Å². The summed E-state index contributed by atoms with van der Waals surface area (Å²) in [6.45, 7) is 9.92. The lowest BCUT2D eigenvalue weighted by Crippen LogP contribution is -2.35. The first-order valence-electron chi connectivity index (χ1n) is 8.58. The minimum absolute atomic E-state index is 0.0906. The van der Waals surface area contributed by atoms with Crippen molar-refractivity contribution >= 4 is 5.91 Å². The molecule has 0 saturated carbocycles. The van der Waals surface area contributed by atoms with Crippen LogP contribution in [-0.4, -0.2) is 21.8 Å². The average molecular weight is 345 g/mol. The molecule has 0 aliphatic carbocycles. The molecule has 0 bridgehead atoms. The highest BCUT2D eigenvalue weighted by atomic mass is 19.1. The molecule has 1 amide bonds. The van der Waals surface area contributed by atoms with Gasteiger partial charge in [-0.1, -0.05) is 6.07 Å². The van der Waals surface area contributed by atoms with Crippen molar-refractivity contribution in [1.82, 2.24) is 15.1 Å². The second kappa shape index (κ2) is 6.50. The van der Waals surface area contributed by atoms with E-state index in [0.717, 1.165) is 22.5 Å². The molecular formula is C19H24FN3O2. The Bertz CT molecular complexity index is 813. The molecule has 1 N–H and O–H groups in total. The molecule has 0 saturated heterocycles. The van der Waals surface area contributed by atoms with Crippen LogP contribution in [0.3, 0.4) is 0 Å². The summed E-state index contributed by atoms with van der Waals surface area (Å²) in [5.74, 6) is 0.0650. The summed E-state index contributed by atoms with van der Waals surface area (Å²) >= 11 is 0. The van der Waals surface area contributed by atoms with E-state index in [1.54, 1.807) is 6.07 Å². The zero-order valence-electron chi connectivity index (χ0n) is 15.3. The summed E-state index contributed by atoms with van der Waals surface area (Å²) in [6, 6.07) is 4.40. The van der Waals surface area contributed by atoms with Gasteiger partial charge in [-0.2, -0.15) is 5.10 Å². The fourth-order valence-corrected chi connectivity index (χ4v) is 3.42. The van der Waals surface area contributed by atoms with Gasteiger partial charge in [0.1, 0.15) is 17.7 Å².